The third kappa shape index (κ3) is 4.30. The molecule has 0 spiro atoms. The number of carboxylic acids is 1. The van der Waals surface area contributed by atoms with Crippen molar-refractivity contribution in [2.45, 2.75) is 44.8 Å². The van der Waals surface area contributed by atoms with Crippen molar-refractivity contribution in [3.8, 4) is 5.75 Å². The molecule has 0 saturated carbocycles. The summed E-state index contributed by atoms with van der Waals surface area (Å²) >= 11 is 0. The minimum Gasteiger partial charge on any atom is -0.494 e. The fraction of sp³-hybridized carbons (Fsp3) is 0.562. The lowest BCUT2D eigenvalue weighted by molar-refractivity contribution is -0.139. The Balaban J connectivity index is 2.96. The quantitative estimate of drug-likeness (QED) is 0.801. The van der Waals surface area contributed by atoms with E-state index in [-0.39, 0.29) is 17.4 Å². The van der Waals surface area contributed by atoms with Crippen LogP contribution >= 0.6 is 0 Å². The molecule has 1 aromatic carbocycles. The van der Waals surface area contributed by atoms with Crippen molar-refractivity contribution in [3.63, 3.8) is 0 Å². The second kappa shape index (κ2) is 6.79. The van der Waals surface area contributed by atoms with Gasteiger partial charge in [0.1, 0.15) is 5.92 Å². The van der Waals surface area contributed by atoms with Gasteiger partial charge in [0.15, 0.2) is 19.9 Å². The van der Waals surface area contributed by atoms with Crippen LogP contribution in [-0.2, 0) is 9.22 Å². The van der Waals surface area contributed by atoms with E-state index >= 15 is 0 Å². The van der Waals surface area contributed by atoms with Gasteiger partial charge in [-0.2, -0.15) is 0 Å². The summed E-state index contributed by atoms with van der Waals surface area (Å²) in [6.45, 7) is 10.4. The summed E-state index contributed by atoms with van der Waals surface area (Å²) in [6.07, 6.45) is 0. The molecule has 0 fully saturated rings. The zero-order valence-corrected chi connectivity index (χ0v) is 15.1. The smallest absolute Gasteiger partial charge is 0.313 e. The first-order valence-electron chi connectivity index (χ1n) is 7.20. The van der Waals surface area contributed by atoms with Crippen LogP contribution in [-0.4, -0.2) is 33.1 Å². The first-order chi connectivity index (χ1) is 9.99. The molecule has 0 heterocycles. The summed E-state index contributed by atoms with van der Waals surface area (Å²) in [7, 11) is -0.691. The summed E-state index contributed by atoms with van der Waals surface area (Å²) in [6, 6.07) is 4.20. The van der Waals surface area contributed by atoms with Crippen LogP contribution in [0.25, 0.3) is 0 Å². The average molecular weight is 328 g/mol. The van der Waals surface area contributed by atoms with Crippen molar-refractivity contribution in [2.75, 3.05) is 13.7 Å². The maximum Gasteiger partial charge on any atom is 0.313 e. The Morgan fingerprint density at radius 2 is 1.95 bits per heavy atom. The fourth-order valence-electron chi connectivity index (χ4n) is 1.72. The number of benzene rings is 1. The number of aliphatic carboxylic acids is 1. The minimum atomic E-state index is -2.06. The van der Waals surface area contributed by atoms with Gasteiger partial charge in [-0.1, -0.05) is 26.8 Å². The number of hydrogen-bond acceptors (Lipinski definition) is 3. The molecule has 0 amide bonds. The molecule has 0 bridgehead atoms. The van der Waals surface area contributed by atoms with Crippen LogP contribution in [0.2, 0.25) is 18.1 Å². The number of carboxylic acid groups (broad SMARTS) is 1. The Bertz CT molecular complexity index is 537. The van der Waals surface area contributed by atoms with E-state index in [1.165, 1.54) is 19.2 Å². The Morgan fingerprint density at radius 3 is 2.36 bits per heavy atom. The number of carbonyl (C=O) groups is 1. The summed E-state index contributed by atoms with van der Waals surface area (Å²) in [5.74, 6) is -2.39. The molecule has 0 unspecified atom stereocenters. The number of ether oxygens (including phenoxy) is 1. The monoisotopic (exact) mass is 328 g/mol. The molecule has 0 aliphatic heterocycles. The zero-order valence-electron chi connectivity index (χ0n) is 14.1. The summed E-state index contributed by atoms with van der Waals surface area (Å²) in [5.41, 5.74) is 0.379. The number of rotatable bonds is 6. The molecular weight excluding hydrogens is 303 g/mol. The molecule has 22 heavy (non-hydrogen) atoms. The largest absolute Gasteiger partial charge is 0.494 e. The molecule has 0 aliphatic carbocycles. The predicted molar refractivity (Wildman–Crippen MR) is 86.5 cm³/mol. The van der Waals surface area contributed by atoms with Crippen LogP contribution in [0.3, 0.4) is 0 Å². The molecular formula is C16H25FO4Si. The van der Waals surface area contributed by atoms with E-state index in [1.54, 1.807) is 6.07 Å². The Morgan fingerprint density at radius 1 is 1.36 bits per heavy atom. The van der Waals surface area contributed by atoms with E-state index in [4.69, 9.17) is 9.16 Å². The highest BCUT2D eigenvalue weighted by Crippen LogP contribution is 2.37. The molecule has 0 aliphatic rings. The third-order valence-corrected chi connectivity index (χ3v) is 8.79. The average Bonchev–Trinajstić information content (AvgIpc) is 2.37. The number of methoxy groups -OCH3 is 1. The van der Waals surface area contributed by atoms with Gasteiger partial charge in [0.05, 0.1) is 13.7 Å². The van der Waals surface area contributed by atoms with E-state index < -0.39 is 26.0 Å². The van der Waals surface area contributed by atoms with Crippen LogP contribution in [0.5, 0.6) is 5.75 Å². The van der Waals surface area contributed by atoms with Crippen LogP contribution in [0, 0.1) is 5.82 Å². The van der Waals surface area contributed by atoms with Crippen molar-refractivity contribution in [1.29, 1.82) is 0 Å². The Kier molecular flexibility index (Phi) is 5.75. The minimum absolute atomic E-state index is 0.0127. The van der Waals surface area contributed by atoms with E-state index in [9.17, 15) is 14.3 Å². The SMILES string of the molecule is COc1ccc([C@@H](CO[Si](C)(C)C(C)(C)C)C(=O)O)cc1F. The van der Waals surface area contributed by atoms with Crippen LogP contribution < -0.4 is 4.74 Å². The van der Waals surface area contributed by atoms with Crippen molar-refractivity contribution in [3.05, 3.63) is 29.6 Å². The maximum absolute atomic E-state index is 13.8. The van der Waals surface area contributed by atoms with Gasteiger partial charge in [-0.3, -0.25) is 4.79 Å². The highest BCUT2D eigenvalue weighted by molar-refractivity contribution is 6.74. The Labute approximate surface area is 132 Å². The molecule has 4 nitrogen and oxygen atoms in total. The van der Waals surface area contributed by atoms with E-state index in [0.717, 1.165) is 0 Å². The number of halogens is 1. The lowest BCUT2D eigenvalue weighted by atomic mass is 10.00. The topological polar surface area (TPSA) is 55.8 Å². The van der Waals surface area contributed by atoms with Gasteiger partial charge < -0.3 is 14.3 Å². The Hall–Kier alpha value is -1.40. The fourth-order valence-corrected chi connectivity index (χ4v) is 2.73. The molecule has 124 valence electrons. The van der Waals surface area contributed by atoms with Crippen LogP contribution in [0.1, 0.15) is 32.3 Å². The predicted octanol–water partition coefficient (Wildman–Crippen LogP) is 4.02. The first-order valence-corrected chi connectivity index (χ1v) is 10.1. The van der Waals surface area contributed by atoms with Gasteiger partial charge in [-0.15, -0.1) is 0 Å². The maximum atomic E-state index is 13.8. The van der Waals surface area contributed by atoms with Crippen molar-refractivity contribution >= 4 is 14.3 Å². The molecule has 6 heteroatoms. The highest BCUT2D eigenvalue weighted by atomic mass is 28.4. The third-order valence-electron chi connectivity index (χ3n) is 4.29. The van der Waals surface area contributed by atoms with Gasteiger partial charge in [0.2, 0.25) is 0 Å². The summed E-state index contributed by atoms with van der Waals surface area (Å²) in [4.78, 5) is 11.5. The molecule has 0 radical (unpaired) electrons. The van der Waals surface area contributed by atoms with E-state index in [0.29, 0.717) is 5.56 Å². The summed E-state index contributed by atoms with van der Waals surface area (Å²) in [5, 5.41) is 9.41. The number of hydrogen-bond donors (Lipinski definition) is 1. The first kappa shape index (κ1) is 18.6. The van der Waals surface area contributed by atoms with Crippen molar-refractivity contribution in [1.82, 2.24) is 0 Å². The van der Waals surface area contributed by atoms with Crippen LogP contribution in [0.4, 0.5) is 4.39 Å². The lowest BCUT2D eigenvalue weighted by Crippen LogP contribution is -2.42. The lowest BCUT2D eigenvalue weighted by Gasteiger charge is -2.36. The van der Waals surface area contributed by atoms with Crippen molar-refractivity contribution < 1.29 is 23.5 Å². The van der Waals surface area contributed by atoms with Gasteiger partial charge in [0.25, 0.3) is 0 Å². The molecule has 0 saturated heterocycles. The van der Waals surface area contributed by atoms with E-state index in [1.807, 2.05) is 0 Å². The van der Waals surface area contributed by atoms with Gasteiger partial charge in [0, 0.05) is 0 Å². The molecule has 1 N–H and O–H groups in total. The normalized spacial score (nSPS) is 13.8. The van der Waals surface area contributed by atoms with Gasteiger partial charge in [-0.05, 0) is 35.8 Å². The molecule has 1 atom stereocenters. The standard InChI is InChI=1S/C16H25FO4Si/c1-16(2,3)22(5,6)21-10-12(15(18)19)11-7-8-14(20-4)13(17)9-11/h7-9,12H,10H2,1-6H3,(H,18,19)/t12-/m1/s1. The van der Waals surface area contributed by atoms with E-state index in [2.05, 4.69) is 33.9 Å². The van der Waals surface area contributed by atoms with Crippen molar-refractivity contribution in [2.24, 2.45) is 0 Å². The van der Waals surface area contributed by atoms with Gasteiger partial charge >= 0.3 is 5.97 Å². The molecule has 1 aromatic rings. The second-order valence-electron chi connectivity index (χ2n) is 6.86. The highest BCUT2D eigenvalue weighted by Gasteiger charge is 2.38. The van der Waals surface area contributed by atoms with Gasteiger partial charge in [-0.25, -0.2) is 4.39 Å². The zero-order chi connectivity index (χ0) is 17.1. The molecule has 1 rings (SSSR count). The second-order valence-corrected chi connectivity index (χ2v) is 11.7. The summed E-state index contributed by atoms with van der Waals surface area (Å²) < 4.78 is 24.6. The molecule has 0 aromatic heterocycles. The van der Waals surface area contributed by atoms with Crippen LogP contribution in [0.15, 0.2) is 18.2 Å².